The summed E-state index contributed by atoms with van der Waals surface area (Å²) < 4.78 is 0. The normalized spacial score (nSPS) is 27.8. The van der Waals surface area contributed by atoms with E-state index in [0.29, 0.717) is 5.92 Å². The second kappa shape index (κ2) is 4.80. The lowest BCUT2D eigenvalue weighted by molar-refractivity contribution is 0.163. The van der Waals surface area contributed by atoms with E-state index in [2.05, 4.69) is 4.90 Å². The molecule has 0 radical (unpaired) electrons. The van der Waals surface area contributed by atoms with Crippen molar-refractivity contribution in [2.75, 3.05) is 26.2 Å². The molecule has 0 spiro atoms. The van der Waals surface area contributed by atoms with Crippen molar-refractivity contribution in [3.8, 4) is 0 Å². The average molecular weight is 172 g/mol. The highest BCUT2D eigenvalue weighted by Gasteiger charge is 2.20. The van der Waals surface area contributed by atoms with Gasteiger partial charge < -0.3 is 15.7 Å². The summed E-state index contributed by atoms with van der Waals surface area (Å²) in [6.07, 6.45) is 1.95. The molecule has 0 amide bonds. The van der Waals surface area contributed by atoms with Crippen molar-refractivity contribution < 1.29 is 5.11 Å². The standard InChI is InChI=1S/C9H20N2O/c1-8(12)2-4-11-5-3-9(6-10)7-11/h8-9,12H,2-7,10H2,1H3. The maximum Gasteiger partial charge on any atom is 0.0524 e. The van der Waals surface area contributed by atoms with Gasteiger partial charge in [-0.3, -0.25) is 0 Å². The first-order valence-corrected chi connectivity index (χ1v) is 4.83. The molecule has 12 heavy (non-hydrogen) atoms. The van der Waals surface area contributed by atoms with Crippen LogP contribution in [0.15, 0.2) is 0 Å². The fourth-order valence-electron chi connectivity index (χ4n) is 1.68. The van der Waals surface area contributed by atoms with Crippen LogP contribution in [0.25, 0.3) is 0 Å². The van der Waals surface area contributed by atoms with Crippen molar-refractivity contribution in [1.82, 2.24) is 4.90 Å². The van der Waals surface area contributed by atoms with Crippen LogP contribution in [0.1, 0.15) is 19.8 Å². The molecule has 0 aromatic carbocycles. The van der Waals surface area contributed by atoms with E-state index in [1.807, 2.05) is 6.92 Å². The highest BCUT2D eigenvalue weighted by molar-refractivity contribution is 4.76. The molecule has 3 N–H and O–H groups in total. The summed E-state index contributed by atoms with van der Waals surface area (Å²) in [4.78, 5) is 2.39. The zero-order valence-electron chi connectivity index (χ0n) is 7.87. The molecular weight excluding hydrogens is 152 g/mol. The summed E-state index contributed by atoms with van der Waals surface area (Å²) in [5, 5.41) is 9.08. The highest BCUT2D eigenvalue weighted by atomic mass is 16.3. The first kappa shape index (κ1) is 9.96. The predicted molar refractivity (Wildman–Crippen MR) is 49.9 cm³/mol. The fourth-order valence-corrected chi connectivity index (χ4v) is 1.68. The summed E-state index contributed by atoms with van der Waals surface area (Å²) in [6.45, 7) is 5.97. The second-order valence-corrected chi connectivity index (χ2v) is 3.83. The topological polar surface area (TPSA) is 49.5 Å². The maximum atomic E-state index is 9.08. The molecule has 1 saturated heterocycles. The van der Waals surface area contributed by atoms with Crippen molar-refractivity contribution in [3.05, 3.63) is 0 Å². The summed E-state index contributed by atoms with van der Waals surface area (Å²) >= 11 is 0. The van der Waals surface area contributed by atoms with Crippen LogP contribution < -0.4 is 5.73 Å². The van der Waals surface area contributed by atoms with Crippen LogP contribution in [0.5, 0.6) is 0 Å². The van der Waals surface area contributed by atoms with E-state index in [4.69, 9.17) is 10.8 Å². The van der Waals surface area contributed by atoms with Crippen molar-refractivity contribution in [2.24, 2.45) is 11.7 Å². The number of nitrogens with zero attached hydrogens (tertiary/aromatic N) is 1. The SMILES string of the molecule is CC(O)CCN1CCC(CN)C1. The van der Waals surface area contributed by atoms with Crippen LogP contribution in [0.4, 0.5) is 0 Å². The zero-order valence-corrected chi connectivity index (χ0v) is 7.87. The monoisotopic (exact) mass is 172 g/mol. The van der Waals surface area contributed by atoms with Gasteiger partial charge in [0.25, 0.3) is 0 Å². The lowest BCUT2D eigenvalue weighted by atomic mass is 10.1. The molecular formula is C9H20N2O. The number of rotatable bonds is 4. The van der Waals surface area contributed by atoms with E-state index in [-0.39, 0.29) is 6.10 Å². The molecule has 1 fully saturated rings. The number of likely N-dealkylation sites (tertiary alicyclic amines) is 1. The lowest BCUT2D eigenvalue weighted by Gasteiger charge is -2.16. The molecule has 0 aromatic rings. The maximum absolute atomic E-state index is 9.08. The first-order valence-electron chi connectivity index (χ1n) is 4.83. The van der Waals surface area contributed by atoms with Gasteiger partial charge in [-0.1, -0.05) is 0 Å². The molecule has 2 unspecified atom stereocenters. The number of aliphatic hydroxyl groups is 1. The van der Waals surface area contributed by atoms with Crippen molar-refractivity contribution in [1.29, 1.82) is 0 Å². The Morgan fingerprint density at radius 1 is 1.67 bits per heavy atom. The van der Waals surface area contributed by atoms with Crippen molar-refractivity contribution in [3.63, 3.8) is 0 Å². The summed E-state index contributed by atoms with van der Waals surface area (Å²) in [5.74, 6) is 0.694. The molecule has 72 valence electrons. The molecule has 1 aliphatic heterocycles. The van der Waals surface area contributed by atoms with Crippen LogP contribution in [-0.4, -0.2) is 42.3 Å². The van der Waals surface area contributed by atoms with E-state index in [0.717, 1.165) is 32.6 Å². The molecule has 0 aromatic heterocycles. The van der Waals surface area contributed by atoms with Gasteiger partial charge in [0.15, 0.2) is 0 Å². The molecule has 1 rings (SSSR count). The Hall–Kier alpha value is -0.120. The van der Waals surface area contributed by atoms with Crippen molar-refractivity contribution in [2.45, 2.75) is 25.9 Å². The van der Waals surface area contributed by atoms with Crippen LogP contribution in [0, 0.1) is 5.92 Å². The average Bonchev–Trinajstić information content (AvgIpc) is 2.48. The van der Waals surface area contributed by atoms with E-state index >= 15 is 0 Å². The Bertz CT molecular complexity index is 128. The van der Waals surface area contributed by atoms with Crippen molar-refractivity contribution >= 4 is 0 Å². The highest BCUT2D eigenvalue weighted by Crippen LogP contribution is 2.14. The summed E-state index contributed by atoms with van der Waals surface area (Å²) in [7, 11) is 0. The number of aliphatic hydroxyl groups excluding tert-OH is 1. The van der Waals surface area contributed by atoms with Gasteiger partial charge >= 0.3 is 0 Å². The Labute approximate surface area is 74.5 Å². The van der Waals surface area contributed by atoms with Gasteiger partial charge in [0.2, 0.25) is 0 Å². The number of hydrogen-bond acceptors (Lipinski definition) is 3. The minimum Gasteiger partial charge on any atom is -0.393 e. The van der Waals surface area contributed by atoms with E-state index in [1.54, 1.807) is 0 Å². The van der Waals surface area contributed by atoms with Gasteiger partial charge in [-0.15, -0.1) is 0 Å². The van der Waals surface area contributed by atoms with Gasteiger partial charge in [-0.2, -0.15) is 0 Å². The van der Waals surface area contributed by atoms with E-state index in [9.17, 15) is 0 Å². The molecule has 2 atom stereocenters. The van der Waals surface area contributed by atoms with E-state index < -0.39 is 0 Å². The van der Waals surface area contributed by atoms with Gasteiger partial charge in [0.1, 0.15) is 0 Å². The summed E-state index contributed by atoms with van der Waals surface area (Å²) in [6, 6.07) is 0. The third-order valence-corrected chi connectivity index (χ3v) is 2.57. The molecule has 3 nitrogen and oxygen atoms in total. The van der Waals surface area contributed by atoms with Gasteiger partial charge in [0, 0.05) is 13.1 Å². The third-order valence-electron chi connectivity index (χ3n) is 2.57. The Kier molecular flexibility index (Phi) is 3.98. The van der Waals surface area contributed by atoms with Crippen LogP contribution in [-0.2, 0) is 0 Å². The lowest BCUT2D eigenvalue weighted by Crippen LogP contribution is -2.26. The quantitative estimate of drug-likeness (QED) is 0.629. The van der Waals surface area contributed by atoms with Crippen LogP contribution in [0.2, 0.25) is 0 Å². The van der Waals surface area contributed by atoms with Crippen LogP contribution >= 0.6 is 0 Å². The molecule has 3 heteroatoms. The molecule has 0 saturated carbocycles. The Balaban J connectivity index is 2.11. The molecule has 1 aliphatic rings. The van der Waals surface area contributed by atoms with Crippen LogP contribution in [0.3, 0.4) is 0 Å². The zero-order chi connectivity index (χ0) is 8.97. The third kappa shape index (κ3) is 3.09. The smallest absolute Gasteiger partial charge is 0.0524 e. The van der Waals surface area contributed by atoms with Gasteiger partial charge in [-0.05, 0) is 38.8 Å². The largest absolute Gasteiger partial charge is 0.393 e. The van der Waals surface area contributed by atoms with Gasteiger partial charge in [0.05, 0.1) is 6.10 Å². The number of hydrogen-bond donors (Lipinski definition) is 2. The fraction of sp³-hybridized carbons (Fsp3) is 1.00. The minimum absolute atomic E-state index is 0.165. The molecule has 0 aliphatic carbocycles. The number of nitrogens with two attached hydrogens (primary N) is 1. The second-order valence-electron chi connectivity index (χ2n) is 3.83. The first-order chi connectivity index (χ1) is 5.72. The Morgan fingerprint density at radius 3 is 2.92 bits per heavy atom. The molecule has 1 heterocycles. The van der Waals surface area contributed by atoms with E-state index in [1.165, 1.54) is 6.42 Å². The molecule has 0 bridgehead atoms. The minimum atomic E-state index is -0.165. The van der Waals surface area contributed by atoms with Gasteiger partial charge in [-0.25, -0.2) is 0 Å². The predicted octanol–water partition coefficient (Wildman–Crippen LogP) is 0.0379. The summed E-state index contributed by atoms with van der Waals surface area (Å²) in [5.41, 5.74) is 5.58. The Morgan fingerprint density at radius 2 is 2.42 bits per heavy atom.